The van der Waals surface area contributed by atoms with Crippen molar-refractivity contribution in [2.45, 2.75) is 13.3 Å². The molecular formula is C22H21N3O3. The molecule has 1 aliphatic rings. The number of carbonyl (C=O) groups excluding carboxylic acids is 2. The molecule has 2 aromatic carbocycles. The maximum atomic E-state index is 12.4. The lowest BCUT2D eigenvalue weighted by molar-refractivity contribution is -0.128. The summed E-state index contributed by atoms with van der Waals surface area (Å²) in [4.78, 5) is 30.3. The van der Waals surface area contributed by atoms with Crippen LogP contribution < -0.4 is 10.1 Å². The summed E-state index contributed by atoms with van der Waals surface area (Å²) in [5.74, 6) is 1.01. The maximum Gasteiger partial charge on any atom is 0.229 e. The maximum absolute atomic E-state index is 12.4. The number of nitrogens with zero attached hydrogens (tertiary/aromatic N) is 2. The van der Waals surface area contributed by atoms with Crippen LogP contribution in [0.5, 0.6) is 11.5 Å². The number of fused-ring (bicyclic) bond motifs is 1. The fourth-order valence-corrected chi connectivity index (χ4v) is 3.39. The Kier molecular flexibility index (Phi) is 4.93. The lowest BCUT2D eigenvalue weighted by Crippen LogP contribution is -2.28. The summed E-state index contributed by atoms with van der Waals surface area (Å²) in [5, 5.41) is 3.83. The van der Waals surface area contributed by atoms with E-state index in [1.807, 2.05) is 49.4 Å². The van der Waals surface area contributed by atoms with E-state index in [9.17, 15) is 9.59 Å². The second kappa shape index (κ2) is 7.68. The Bertz CT molecular complexity index is 1010. The summed E-state index contributed by atoms with van der Waals surface area (Å²) < 4.78 is 5.99. The van der Waals surface area contributed by atoms with Gasteiger partial charge in [-0.3, -0.25) is 14.6 Å². The number of hydrogen-bond donors (Lipinski definition) is 1. The largest absolute Gasteiger partial charge is 0.457 e. The average molecular weight is 375 g/mol. The number of amides is 2. The number of nitrogens with one attached hydrogen (secondary N) is 1. The van der Waals surface area contributed by atoms with Gasteiger partial charge < -0.3 is 15.0 Å². The molecule has 0 spiro atoms. The van der Waals surface area contributed by atoms with Gasteiger partial charge in [0.25, 0.3) is 0 Å². The highest BCUT2D eigenvalue weighted by atomic mass is 16.5. The fourth-order valence-electron chi connectivity index (χ4n) is 3.39. The summed E-state index contributed by atoms with van der Waals surface area (Å²) in [6.07, 6.45) is 1.99. The average Bonchev–Trinajstić information content (AvgIpc) is 3.11. The van der Waals surface area contributed by atoms with E-state index >= 15 is 0 Å². The van der Waals surface area contributed by atoms with Gasteiger partial charge in [0.2, 0.25) is 11.8 Å². The van der Waals surface area contributed by atoms with Crippen molar-refractivity contribution in [3.05, 3.63) is 60.8 Å². The lowest BCUT2D eigenvalue weighted by atomic mass is 10.1. The molecule has 0 radical (unpaired) electrons. The molecule has 6 nitrogen and oxygen atoms in total. The smallest absolute Gasteiger partial charge is 0.229 e. The number of pyridine rings is 1. The highest BCUT2D eigenvalue weighted by Crippen LogP contribution is 2.29. The summed E-state index contributed by atoms with van der Waals surface area (Å²) in [5.41, 5.74) is 1.55. The Morgan fingerprint density at radius 1 is 1.18 bits per heavy atom. The predicted octanol–water partition coefficient (Wildman–Crippen LogP) is 3.83. The van der Waals surface area contributed by atoms with Gasteiger partial charge in [0.05, 0.1) is 11.4 Å². The molecule has 3 aromatic rings. The van der Waals surface area contributed by atoms with Gasteiger partial charge in [-0.15, -0.1) is 0 Å². The second-order valence-electron chi connectivity index (χ2n) is 6.78. The normalized spacial score (nSPS) is 16.4. The predicted molar refractivity (Wildman–Crippen MR) is 107 cm³/mol. The minimum absolute atomic E-state index is 0.0379. The van der Waals surface area contributed by atoms with Crippen molar-refractivity contribution in [1.82, 2.24) is 9.88 Å². The zero-order chi connectivity index (χ0) is 19.5. The van der Waals surface area contributed by atoms with Crippen molar-refractivity contribution in [2.24, 2.45) is 5.92 Å². The van der Waals surface area contributed by atoms with E-state index in [-0.39, 0.29) is 24.2 Å². The zero-order valence-corrected chi connectivity index (χ0v) is 15.6. The van der Waals surface area contributed by atoms with Crippen LogP contribution in [0.1, 0.15) is 13.3 Å². The van der Waals surface area contributed by atoms with E-state index in [1.54, 1.807) is 23.2 Å². The van der Waals surface area contributed by atoms with E-state index in [1.165, 1.54) is 0 Å². The Balaban J connectivity index is 1.43. The molecule has 1 aliphatic heterocycles. The molecule has 28 heavy (non-hydrogen) atoms. The molecule has 6 heteroatoms. The van der Waals surface area contributed by atoms with Gasteiger partial charge in [-0.25, -0.2) is 0 Å². The molecular weight excluding hydrogens is 354 g/mol. The van der Waals surface area contributed by atoms with Crippen molar-refractivity contribution in [3.63, 3.8) is 0 Å². The third kappa shape index (κ3) is 3.67. The zero-order valence-electron chi connectivity index (χ0n) is 15.6. The molecule has 1 saturated heterocycles. The summed E-state index contributed by atoms with van der Waals surface area (Å²) in [7, 11) is 0. The van der Waals surface area contributed by atoms with Crippen molar-refractivity contribution in [3.8, 4) is 11.5 Å². The van der Waals surface area contributed by atoms with Gasteiger partial charge >= 0.3 is 0 Å². The van der Waals surface area contributed by atoms with E-state index < -0.39 is 0 Å². The monoisotopic (exact) mass is 375 g/mol. The number of ether oxygens (including phenoxy) is 1. The van der Waals surface area contributed by atoms with Gasteiger partial charge in [0.1, 0.15) is 11.5 Å². The SMILES string of the molecule is CCN1C[C@H](C(=O)Nc2ccc(Oc3ccnc4ccccc34)cc2)CC1=O. The second-order valence-corrected chi connectivity index (χ2v) is 6.78. The van der Waals surface area contributed by atoms with Gasteiger partial charge in [-0.05, 0) is 49.4 Å². The number of hydrogen-bond acceptors (Lipinski definition) is 4. The van der Waals surface area contributed by atoms with E-state index in [4.69, 9.17) is 4.74 Å². The quantitative estimate of drug-likeness (QED) is 0.736. The molecule has 0 unspecified atom stereocenters. The van der Waals surface area contributed by atoms with E-state index in [2.05, 4.69) is 10.3 Å². The standard InChI is InChI=1S/C22H21N3O3/c1-2-25-14-15(13-21(25)26)22(27)24-16-7-9-17(10-8-16)28-20-11-12-23-19-6-4-3-5-18(19)20/h3-12,15H,2,13-14H2,1H3,(H,24,27)/t15-/m1/s1. The topological polar surface area (TPSA) is 71.5 Å². The minimum Gasteiger partial charge on any atom is -0.457 e. The third-order valence-electron chi connectivity index (χ3n) is 4.93. The molecule has 1 fully saturated rings. The first-order valence-electron chi connectivity index (χ1n) is 9.34. The molecule has 1 aromatic heterocycles. The number of carbonyl (C=O) groups is 2. The Morgan fingerprint density at radius 3 is 2.71 bits per heavy atom. The highest BCUT2D eigenvalue weighted by molar-refractivity contribution is 5.97. The van der Waals surface area contributed by atoms with Crippen LogP contribution in [0.25, 0.3) is 10.9 Å². The molecule has 2 amide bonds. The third-order valence-corrected chi connectivity index (χ3v) is 4.93. The van der Waals surface area contributed by atoms with Crippen molar-refractivity contribution < 1.29 is 14.3 Å². The Morgan fingerprint density at radius 2 is 1.96 bits per heavy atom. The van der Waals surface area contributed by atoms with Crippen LogP contribution in [-0.4, -0.2) is 34.8 Å². The van der Waals surface area contributed by atoms with Gasteiger partial charge in [-0.2, -0.15) is 0 Å². The summed E-state index contributed by atoms with van der Waals surface area (Å²) in [6.45, 7) is 3.04. The van der Waals surface area contributed by atoms with Crippen LogP contribution in [-0.2, 0) is 9.59 Å². The molecule has 0 saturated carbocycles. The van der Waals surface area contributed by atoms with Gasteiger partial charge in [0.15, 0.2) is 0 Å². The van der Waals surface area contributed by atoms with E-state index in [0.29, 0.717) is 24.5 Å². The molecule has 1 atom stereocenters. The molecule has 1 N–H and O–H groups in total. The number of aromatic nitrogens is 1. The van der Waals surface area contributed by atoms with Crippen LogP contribution in [0.2, 0.25) is 0 Å². The first-order valence-corrected chi connectivity index (χ1v) is 9.34. The molecule has 2 heterocycles. The van der Waals surface area contributed by atoms with E-state index in [0.717, 1.165) is 16.7 Å². The summed E-state index contributed by atoms with van der Waals surface area (Å²) >= 11 is 0. The van der Waals surface area contributed by atoms with Crippen LogP contribution in [0.15, 0.2) is 60.8 Å². The first-order chi connectivity index (χ1) is 13.6. The van der Waals surface area contributed by atoms with Crippen LogP contribution >= 0.6 is 0 Å². The Labute approximate surface area is 163 Å². The van der Waals surface area contributed by atoms with Crippen LogP contribution in [0.4, 0.5) is 5.69 Å². The fraction of sp³-hybridized carbons (Fsp3) is 0.227. The first kappa shape index (κ1) is 18.0. The van der Waals surface area contributed by atoms with Crippen molar-refractivity contribution in [2.75, 3.05) is 18.4 Å². The highest BCUT2D eigenvalue weighted by Gasteiger charge is 2.33. The lowest BCUT2D eigenvalue weighted by Gasteiger charge is -2.14. The van der Waals surface area contributed by atoms with Crippen molar-refractivity contribution >= 4 is 28.4 Å². The number of likely N-dealkylation sites (tertiary alicyclic amines) is 1. The van der Waals surface area contributed by atoms with Crippen LogP contribution in [0.3, 0.4) is 0 Å². The Hall–Kier alpha value is -3.41. The number of anilines is 1. The molecule has 4 rings (SSSR count). The summed E-state index contributed by atoms with van der Waals surface area (Å²) in [6, 6.07) is 16.8. The number of benzene rings is 2. The van der Waals surface area contributed by atoms with Gasteiger partial charge in [-0.1, -0.05) is 12.1 Å². The van der Waals surface area contributed by atoms with Gasteiger partial charge in [0, 0.05) is 36.8 Å². The van der Waals surface area contributed by atoms with Crippen molar-refractivity contribution in [1.29, 1.82) is 0 Å². The minimum atomic E-state index is -0.299. The molecule has 142 valence electrons. The molecule has 0 bridgehead atoms. The molecule has 0 aliphatic carbocycles. The van der Waals surface area contributed by atoms with Crippen LogP contribution in [0, 0.1) is 5.92 Å². The number of rotatable bonds is 5. The number of para-hydroxylation sites is 1.